The predicted octanol–water partition coefficient (Wildman–Crippen LogP) is 7.18. The second kappa shape index (κ2) is 21.8. The van der Waals surface area contributed by atoms with E-state index in [2.05, 4.69) is 46.0 Å². The van der Waals surface area contributed by atoms with Crippen molar-refractivity contribution < 1.29 is 24.6 Å². The molecule has 7 heteroatoms. The summed E-state index contributed by atoms with van der Waals surface area (Å²) in [5.41, 5.74) is 1.32. The molecule has 0 aliphatic carbocycles. The Morgan fingerprint density at radius 1 is 0.829 bits per heavy atom. The summed E-state index contributed by atoms with van der Waals surface area (Å²) in [5.74, 6) is 0.643. The molecule has 0 saturated heterocycles. The van der Waals surface area contributed by atoms with E-state index >= 15 is 0 Å². The Kier molecular flexibility index (Phi) is 22.2. The van der Waals surface area contributed by atoms with Gasteiger partial charge in [-0.15, -0.1) is 0 Å². The molecule has 3 atom stereocenters. The van der Waals surface area contributed by atoms with Gasteiger partial charge in [-0.25, -0.2) is 4.79 Å². The van der Waals surface area contributed by atoms with Crippen LogP contribution in [0.4, 0.5) is 0 Å². The zero-order valence-electron chi connectivity index (χ0n) is 22.1. The van der Waals surface area contributed by atoms with Gasteiger partial charge >= 0.3 is 11.9 Å². The van der Waals surface area contributed by atoms with Gasteiger partial charge in [0.05, 0.1) is 6.42 Å². The lowest BCUT2D eigenvalue weighted by molar-refractivity contribution is -0.141. The van der Waals surface area contributed by atoms with Crippen molar-refractivity contribution in [3.05, 3.63) is 11.6 Å². The normalized spacial score (nSPS) is 14.2. The average Bonchev–Trinajstić information content (AvgIpc) is 2.73. The van der Waals surface area contributed by atoms with Crippen molar-refractivity contribution in [2.45, 2.75) is 119 Å². The van der Waals surface area contributed by atoms with Crippen molar-refractivity contribution >= 4 is 29.6 Å². The third kappa shape index (κ3) is 22.7. The molecule has 0 bridgehead atoms. The number of nitrogens with one attached hydrogen (secondary N) is 1. The summed E-state index contributed by atoms with van der Waals surface area (Å²) in [6, 6.07) is -1.00. The number of carboxylic acid groups (broad SMARTS) is 2. The highest BCUT2D eigenvalue weighted by Crippen LogP contribution is 2.22. The largest absolute Gasteiger partial charge is 0.481 e. The minimum Gasteiger partial charge on any atom is -0.481 e. The zero-order chi connectivity index (χ0) is 25.9. The van der Waals surface area contributed by atoms with Crippen molar-refractivity contribution in [1.82, 2.24) is 5.32 Å². The average molecular weight is 516 g/mol. The van der Waals surface area contributed by atoms with Crippen molar-refractivity contribution in [3.8, 4) is 0 Å². The summed E-state index contributed by atoms with van der Waals surface area (Å²) in [6.45, 7) is 11.5. The van der Waals surface area contributed by atoms with Crippen LogP contribution >= 0.6 is 11.8 Å². The Morgan fingerprint density at radius 3 is 1.89 bits per heavy atom. The van der Waals surface area contributed by atoms with E-state index < -0.39 is 23.9 Å². The molecule has 0 spiro atoms. The fourth-order valence-corrected chi connectivity index (χ4v) is 4.86. The summed E-state index contributed by atoms with van der Waals surface area (Å²) < 4.78 is 0. The molecular weight excluding hydrogens is 462 g/mol. The van der Waals surface area contributed by atoms with E-state index in [1.54, 1.807) is 0 Å². The van der Waals surface area contributed by atoms with Gasteiger partial charge in [0.25, 0.3) is 0 Å². The highest BCUT2D eigenvalue weighted by molar-refractivity contribution is 7.99. The van der Waals surface area contributed by atoms with Crippen LogP contribution in [0.2, 0.25) is 0 Å². The minimum absolute atomic E-state index is 0. The van der Waals surface area contributed by atoms with Crippen LogP contribution in [0.3, 0.4) is 0 Å². The van der Waals surface area contributed by atoms with Gasteiger partial charge in [-0.1, -0.05) is 91.7 Å². The van der Waals surface area contributed by atoms with Crippen LogP contribution in [0, 0.1) is 17.8 Å². The highest BCUT2D eigenvalue weighted by Gasteiger charge is 2.20. The summed E-state index contributed by atoms with van der Waals surface area (Å²) in [7, 11) is 0. The van der Waals surface area contributed by atoms with Crippen LogP contribution in [0.5, 0.6) is 0 Å². The summed E-state index contributed by atoms with van der Waals surface area (Å²) in [5, 5.41) is 20.3. The quantitative estimate of drug-likeness (QED) is 0.110. The smallest absolute Gasteiger partial charge is 0.327 e. The maximum atomic E-state index is 11.7. The Hall–Kier alpha value is -1.50. The molecule has 0 aromatic carbocycles. The molecule has 2 unspecified atom stereocenters. The maximum absolute atomic E-state index is 11.7. The first-order valence-corrected chi connectivity index (χ1v) is 14.1. The van der Waals surface area contributed by atoms with E-state index in [0.29, 0.717) is 5.75 Å². The summed E-state index contributed by atoms with van der Waals surface area (Å²) in [4.78, 5) is 33.5. The van der Waals surface area contributed by atoms with Crippen molar-refractivity contribution in [3.63, 3.8) is 0 Å². The third-order valence-electron chi connectivity index (χ3n) is 6.17. The molecule has 0 fully saturated rings. The van der Waals surface area contributed by atoms with Gasteiger partial charge in [-0.2, -0.15) is 11.8 Å². The number of aliphatic carboxylic acids is 2. The van der Waals surface area contributed by atoms with Gasteiger partial charge in [0, 0.05) is 17.9 Å². The number of hydrogen-bond donors (Lipinski definition) is 3. The third-order valence-corrected chi connectivity index (χ3v) is 7.15. The Morgan fingerprint density at radius 2 is 1.37 bits per heavy atom. The zero-order valence-corrected chi connectivity index (χ0v) is 22.9. The van der Waals surface area contributed by atoms with Crippen LogP contribution < -0.4 is 5.32 Å². The molecule has 1 amide bonds. The molecule has 0 heterocycles. The molecule has 0 aromatic heterocycles. The van der Waals surface area contributed by atoms with Gasteiger partial charge in [-0.3, -0.25) is 9.59 Å². The fourth-order valence-electron chi connectivity index (χ4n) is 3.86. The lowest BCUT2D eigenvalue weighted by Gasteiger charge is -2.15. The van der Waals surface area contributed by atoms with Crippen molar-refractivity contribution in [2.75, 3.05) is 11.5 Å². The lowest BCUT2D eigenvalue weighted by Crippen LogP contribution is -2.42. The monoisotopic (exact) mass is 515 g/mol. The number of carbonyl (C=O) groups is 3. The Balaban J connectivity index is 0. The van der Waals surface area contributed by atoms with Crippen molar-refractivity contribution in [2.24, 2.45) is 17.8 Å². The van der Waals surface area contributed by atoms with Crippen molar-refractivity contribution in [1.29, 1.82) is 0 Å². The SMILES string of the molecule is C.C/C(=C\CSC[C@H](NC(=O)CCC(=O)O)C(=O)O)CCCC(C)CCCC(C)CCCC(C)C. The molecule has 0 rings (SSSR count). The predicted molar refractivity (Wildman–Crippen MR) is 149 cm³/mol. The molecular formula is C28H53NO5S. The second-order valence-electron chi connectivity index (χ2n) is 10.3. The van der Waals surface area contributed by atoms with Gasteiger partial charge in [0.2, 0.25) is 5.91 Å². The van der Waals surface area contributed by atoms with Crippen LogP contribution in [0.15, 0.2) is 11.6 Å². The number of thioether (sulfide) groups is 1. The first kappa shape index (κ1) is 35.7. The first-order valence-electron chi connectivity index (χ1n) is 13.0. The van der Waals surface area contributed by atoms with Gasteiger partial charge in [-0.05, 0) is 37.5 Å². The van der Waals surface area contributed by atoms with E-state index in [1.807, 2.05) is 0 Å². The summed E-state index contributed by atoms with van der Waals surface area (Å²) >= 11 is 1.46. The van der Waals surface area contributed by atoms with Crippen LogP contribution in [0.1, 0.15) is 113 Å². The van der Waals surface area contributed by atoms with Gasteiger partial charge in [0.15, 0.2) is 0 Å². The van der Waals surface area contributed by atoms with E-state index in [0.717, 1.165) is 24.2 Å². The van der Waals surface area contributed by atoms with Crippen LogP contribution in [0.25, 0.3) is 0 Å². The first-order chi connectivity index (χ1) is 16.0. The number of carbonyl (C=O) groups excluding carboxylic acids is 1. The number of carboxylic acids is 2. The Bertz CT molecular complexity index is 620. The van der Waals surface area contributed by atoms with Gasteiger partial charge < -0.3 is 15.5 Å². The molecule has 0 saturated carbocycles. The van der Waals surface area contributed by atoms with E-state index in [-0.39, 0.29) is 26.0 Å². The standard InChI is InChI=1S/C27H49NO5S.CH4/c1-20(2)9-6-10-21(3)11-7-12-22(4)13-8-14-23(5)17-18-34-19-24(27(32)33)28-25(29)15-16-26(30)31;/h17,20-22,24H,6-16,18-19H2,1-5H3,(H,28,29)(H,30,31)(H,32,33);1H4/b23-17+;/t21?,22?,24-;/m0./s1. The number of rotatable bonds is 21. The second-order valence-corrected chi connectivity index (χ2v) is 11.4. The highest BCUT2D eigenvalue weighted by atomic mass is 32.2. The molecule has 0 aromatic rings. The number of hydrogen-bond acceptors (Lipinski definition) is 4. The molecule has 35 heavy (non-hydrogen) atoms. The molecule has 0 aliphatic rings. The molecule has 3 N–H and O–H groups in total. The molecule has 0 aliphatic heterocycles. The molecule has 0 radical (unpaired) electrons. The number of amides is 1. The Labute approximate surface area is 219 Å². The van der Waals surface area contributed by atoms with E-state index in [9.17, 15) is 19.5 Å². The maximum Gasteiger partial charge on any atom is 0.327 e. The van der Waals surface area contributed by atoms with E-state index in [4.69, 9.17) is 5.11 Å². The van der Waals surface area contributed by atoms with Gasteiger partial charge in [0.1, 0.15) is 6.04 Å². The van der Waals surface area contributed by atoms with Crippen LogP contribution in [-0.2, 0) is 14.4 Å². The fraction of sp³-hybridized carbons (Fsp3) is 0.821. The minimum atomic E-state index is -1.10. The van der Waals surface area contributed by atoms with E-state index in [1.165, 1.54) is 68.7 Å². The molecule has 6 nitrogen and oxygen atoms in total. The topological polar surface area (TPSA) is 104 Å². The van der Waals surface area contributed by atoms with Crippen LogP contribution in [-0.4, -0.2) is 45.6 Å². The summed E-state index contributed by atoms with van der Waals surface area (Å²) in [6.07, 6.45) is 13.1. The number of allylic oxidation sites excluding steroid dienone is 1. The molecule has 206 valence electrons. The lowest BCUT2D eigenvalue weighted by atomic mass is 9.91.